The van der Waals surface area contributed by atoms with Crippen molar-refractivity contribution in [3.8, 4) is 0 Å². The minimum Gasteiger partial charge on any atom is -0.462 e. The van der Waals surface area contributed by atoms with Crippen LogP contribution in [0.1, 0.15) is 344 Å². The van der Waals surface area contributed by atoms with Crippen molar-refractivity contribution in [2.75, 3.05) is 39.6 Å². The first-order chi connectivity index (χ1) is 42.2. The normalized spacial score (nSPS) is 14.2. The van der Waals surface area contributed by atoms with Crippen LogP contribution in [-0.2, 0) is 65.4 Å². The number of carbonyl (C=O) groups is 4. The van der Waals surface area contributed by atoms with Crippen molar-refractivity contribution < 1.29 is 80.2 Å². The summed E-state index contributed by atoms with van der Waals surface area (Å²) in [6, 6.07) is 0. The highest BCUT2D eigenvalue weighted by Crippen LogP contribution is 2.45. The van der Waals surface area contributed by atoms with Gasteiger partial charge in [-0.3, -0.25) is 37.3 Å². The largest absolute Gasteiger partial charge is 0.472 e. The fourth-order valence-corrected chi connectivity index (χ4v) is 11.9. The van der Waals surface area contributed by atoms with E-state index < -0.39 is 97.5 Å². The molecule has 5 atom stereocenters. The Labute approximate surface area is 537 Å². The summed E-state index contributed by atoms with van der Waals surface area (Å²) in [5, 5.41) is 10.6. The third-order valence-corrected chi connectivity index (χ3v) is 17.8. The number of hydrogen-bond acceptors (Lipinski definition) is 15. The van der Waals surface area contributed by atoms with Crippen LogP contribution in [0.15, 0.2) is 0 Å². The topological polar surface area (TPSA) is 237 Å². The van der Waals surface area contributed by atoms with Crippen molar-refractivity contribution in [3.63, 3.8) is 0 Å². The lowest BCUT2D eigenvalue weighted by Gasteiger charge is -2.21. The van der Waals surface area contributed by atoms with Crippen LogP contribution in [0.4, 0.5) is 0 Å². The molecule has 0 heterocycles. The van der Waals surface area contributed by atoms with Gasteiger partial charge in [0.2, 0.25) is 0 Å². The number of esters is 4. The molecule has 0 aromatic rings. The second-order valence-electron chi connectivity index (χ2n) is 26.3. The van der Waals surface area contributed by atoms with Gasteiger partial charge in [0.05, 0.1) is 26.4 Å². The van der Waals surface area contributed by atoms with Gasteiger partial charge in [-0.1, -0.05) is 292 Å². The maximum Gasteiger partial charge on any atom is 0.472 e. The molecule has 0 saturated carbocycles. The fourth-order valence-electron chi connectivity index (χ4n) is 10.4. The van der Waals surface area contributed by atoms with Crippen LogP contribution >= 0.6 is 15.6 Å². The predicted molar refractivity (Wildman–Crippen MR) is 354 cm³/mol. The zero-order valence-electron chi connectivity index (χ0n) is 57.2. The van der Waals surface area contributed by atoms with Crippen molar-refractivity contribution in [2.45, 2.75) is 362 Å². The third-order valence-electron chi connectivity index (χ3n) is 15.9. The van der Waals surface area contributed by atoms with Crippen LogP contribution in [0.3, 0.4) is 0 Å². The summed E-state index contributed by atoms with van der Waals surface area (Å²) in [6.07, 6.45) is 43.3. The lowest BCUT2D eigenvalue weighted by atomic mass is 10.0. The molecule has 0 amide bonds. The van der Waals surface area contributed by atoms with E-state index >= 15 is 0 Å². The molecule has 0 aromatic carbocycles. The first kappa shape index (κ1) is 86.1. The van der Waals surface area contributed by atoms with Gasteiger partial charge in [0.15, 0.2) is 12.2 Å². The third kappa shape index (κ3) is 62.8. The average Bonchev–Trinajstić information content (AvgIpc) is 3.67. The molecule has 522 valence electrons. The molecule has 0 aromatic heterocycles. The Kier molecular flexibility index (Phi) is 58.7. The van der Waals surface area contributed by atoms with E-state index in [1.54, 1.807) is 0 Å². The number of unbranched alkanes of at least 4 members (excludes halogenated alkanes) is 35. The molecule has 0 spiro atoms. The van der Waals surface area contributed by atoms with Crippen molar-refractivity contribution in [1.29, 1.82) is 0 Å². The molecule has 0 saturated heterocycles. The maximum atomic E-state index is 13.0. The number of aliphatic hydroxyl groups excluding tert-OH is 1. The molecule has 3 N–H and O–H groups in total. The summed E-state index contributed by atoms with van der Waals surface area (Å²) in [7, 11) is -9.90. The molecule has 0 rings (SSSR count). The van der Waals surface area contributed by atoms with Gasteiger partial charge in [0.25, 0.3) is 0 Å². The number of aliphatic hydroxyl groups is 1. The molecule has 0 radical (unpaired) electrons. The first-order valence-electron chi connectivity index (χ1n) is 35.8. The Morgan fingerprint density at radius 3 is 0.773 bits per heavy atom. The molecule has 2 unspecified atom stereocenters. The number of phosphoric acid groups is 2. The predicted octanol–water partition coefficient (Wildman–Crippen LogP) is 19.5. The van der Waals surface area contributed by atoms with Crippen molar-refractivity contribution >= 4 is 39.5 Å². The molecule has 0 aliphatic carbocycles. The SMILES string of the molecule is CCCCCCCCCCCCCCC(=O)OC[C@H](COP(=O)(O)OC[C@@H](O)COP(=O)(O)OC[C@@H](COC(=O)CCCCCCCCC(C)C)OC(=O)CCCCCCCCCC(C)C)OC(=O)CCCCCCCCCCCCCCCCC(C)C. The van der Waals surface area contributed by atoms with E-state index in [0.29, 0.717) is 37.5 Å². The smallest absolute Gasteiger partial charge is 0.462 e. The summed E-state index contributed by atoms with van der Waals surface area (Å²) in [5.74, 6) is 0.0393. The molecular formula is C69H134O17P2. The summed E-state index contributed by atoms with van der Waals surface area (Å²) in [5.41, 5.74) is 0. The highest BCUT2D eigenvalue weighted by atomic mass is 31.2. The molecule has 19 heteroatoms. The number of ether oxygens (including phenoxy) is 4. The molecule has 17 nitrogen and oxygen atoms in total. The quantitative estimate of drug-likeness (QED) is 0.0222. The lowest BCUT2D eigenvalue weighted by Crippen LogP contribution is -2.30. The summed E-state index contributed by atoms with van der Waals surface area (Å²) in [4.78, 5) is 72.4. The second kappa shape index (κ2) is 60.0. The van der Waals surface area contributed by atoms with Crippen molar-refractivity contribution in [2.24, 2.45) is 17.8 Å². The van der Waals surface area contributed by atoms with Crippen LogP contribution in [0.2, 0.25) is 0 Å². The van der Waals surface area contributed by atoms with Gasteiger partial charge in [-0.25, -0.2) is 9.13 Å². The zero-order chi connectivity index (χ0) is 65.2. The summed E-state index contributed by atoms with van der Waals surface area (Å²) in [6.45, 7) is 11.7. The number of rotatable bonds is 67. The van der Waals surface area contributed by atoms with E-state index in [0.717, 1.165) is 102 Å². The highest BCUT2D eigenvalue weighted by molar-refractivity contribution is 7.47. The Bertz CT molecular complexity index is 1730. The second-order valence-corrected chi connectivity index (χ2v) is 29.3. The van der Waals surface area contributed by atoms with Gasteiger partial charge in [0.1, 0.15) is 19.3 Å². The fraction of sp³-hybridized carbons (Fsp3) is 0.942. The Morgan fingerprint density at radius 1 is 0.307 bits per heavy atom. The van der Waals surface area contributed by atoms with Gasteiger partial charge in [-0.2, -0.15) is 0 Å². The monoisotopic (exact) mass is 1300 g/mol. The van der Waals surface area contributed by atoms with E-state index in [9.17, 15) is 43.2 Å². The standard InChI is InChI=1S/C69H134O17P2/c1-8-9-10-11-12-13-14-20-23-28-36-43-50-66(71)79-56-64(85-68(73)52-45-38-29-24-21-18-16-15-17-19-22-26-33-40-47-60(2)3)58-83-87(75,76)81-54-63(70)55-82-88(77,78)84-59-65(57-80-67(72)51-44-37-32-31-35-42-49-62(6)7)86-69(74)53-46-39-30-25-27-34-41-48-61(4)5/h60-65,70H,8-59H2,1-7H3,(H,75,76)(H,77,78)/t63-,64-,65-/m1/s1. The van der Waals surface area contributed by atoms with Gasteiger partial charge in [-0.15, -0.1) is 0 Å². The van der Waals surface area contributed by atoms with Crippen LogP contribution in [-0.4, -0.2) is 96.7 Å². The Hall–Kier alpha value is -1.94. The van der Waals surface area contributed by atoms with Crippen LogP contribution in [0, 0.1) is 17.8 Å². The minimum atomic E-state index is -4.95. The van der Waals surface area contributed by atoms with Gasteiger partial charge in [-0.05, 0) is 43.4 Å². The van der Waals surface area contributed by atoms with E-state index in [-0.39, 0.29) is 25.7 Å². The molecule has 0 aliphatic rings. The Morgan fingerprint density at radius 2 is 0.523 bits per heavy atom. The maximum absolute atomic E-state index is 13.0. The molecule has 88 heavy (non-hydrogen) atoms. The minimum absolute atomic E-state index is 0.102. The number of carbonyl (C=O) groups excluding carboxylic acids is 4. The molecule has 0 bridgehead atoms. The van der Waals surface area contributed by atoms with E-state index in [1.165, 1.54) is 148 Å². The van der Waals surface area contributed by atoms with Crippen molar-refractivity contribution in [3.05, 3.63) is 0 Å². The highest BCUT2D eigenvalue weighted by Gasteiger charge is 2.30. The number of phosphoric ester groups is 2. The summed E-state index contributed by atoms with van der Waals surface area (Å²) < 4.78 is 68.2. The van der Waals surface area contributed by atoms with Gasteiger partial charge in [0, 0.05) is 25.7 Å². The van der Waals surface area contributed by atoms with Gasteiger partial charge >= 0.3 is 39.5 Å². The first-order valence-corrected chi connectivity index (χ1v) is 38.8. The van der Waals surface area contributed by atoms with E-state index in [4.69, 9.17) is 37.0 Å². The van der Waals surface area contributed by atoms with Crippen molar-refractivity contribution in [1.82, 2.24) is 0 Å². The van der Waals surface area contributed by atoms with Crippen LogP contribution in [0.25, 0.3) is 0 Å². The van der Waals surface area contributed by atoms with Crippen LogP contribution in [0.5, 0.6) is 0 Å². The Balaban J connectivity index is 5.22. The molecular weight excluding hydrogens is 1160 g/mol. The van der Waals surface area contributed by atoms with E-state index in [1.807, 2.05) is 0 Å². The average molecular weight is 1300 g/mol. The lowest BCUT2D eigenvalue weighted by molar-refractivity contribution is -0.161. The zero-order valence-corrected chi connectivity index (χ0v) is 59.0. The summed E-state index contributed by atoms with van der Waals surface area (Å²) >= 11 is 0. The molecule has 0 fully saturated rings. The molecule has 0 aliphatic heterocycles. The van der Waals surface area contributed by atoms with Gasteiger partial charge < -0.3 is 33.8 Å². The number of hydrogen-bond donors (Lipinski definition) is 3. The van der Waals surface area contributed by atoms with E-state index in [2.05, 4.69) is 48.5 Å². The van der Waals surface area contributed by atoms with Crippen LogP contribution < -0.4 is 0 Å².